The van der Waals surface area contributed by atoms with E-state index in [1.54, 1.807) is 12.1 Å². The Morgan fingerprint density at radius 2 is 2.29 bits per heavy atom. The van der Waals surface area contributed by atoms with E-state index < -0.39 is 0 Å². The second kappa shape index (κ2) is 4.07. The monoisotopic (exact) mass is 191 g/mol. The first-order chi connectivity index (χ1) is 6.51. The number of nitrogens with zero attached hydrogens (tertiary/aromatic N) is 2. The molecule has 14 heavy (non-hydrogen) atoms. The SMILES string of the molecule is CC(C)(N)COc1ccc(C#N)nc1. The van der Waals surface area contributed by atoms with Crippen LogP contribution in [0.3, 0.4) is 0 Å². The number of ether oxygens (including phenoxy) is 1. The summed E-state index contributed by atoms with van der Waals surface area (Å²) >= 11 is 0. The molecule has 0 aliphatic heterocycles. The molecule has 0 fully saturated rings. The molecule has 0 aromatic carbocycles. The molecule has 2 N–H and O–H groups in total. The predicted octanol–water partition coefficient (Wildman–Crippen LogP) is 1.07. The number of nitrogens with two attached hydrogens (primary N) is 1. The maximum atomic E-state index is 8.51. The Labute approximate surface area is 83.3 Å². The van der Waals surface area contributed by atoms with Crippen molar-refractivity contribution in [1.82, 2.24) is 4.98 Å². The second-order valence-corrected chi connectivity index (χ2v) is 3.77. The fraction of sp³-hybridized carbons (Fsp3) is 0.400. The molecule has 1 heterocycles. The van der Waals surface area contributed by atoms with Crippen molar-refractivity contribution in [3.63, 3.8) is 0 Å². The average molecular weight is 191 g/mol. The Hall–Kier alpha value is -1.60. The summed E-state index contributed by atoms with van der Waals surface area (Å²) in [6.45, 7) is 4.18. The molecule has 4 nitrogen and oxygen atoms in total. The molecule has 1 aromatic heterocycles. The summed E-state index contributed by atoms with van der Waals surface area (Å²) in [7, 11) is 0. The van der Waals surface area contributed by atoms with E-state index in [9.17, 15) is 0 Å². The second-order valence-electron chi connectivity index (χ2n) is 3.77. The van der Waals surface area contributed by atoms with E-state index in [2.05, 4.69) is 4.98 Å². The zero-order valence-corrected chi connectivity index (χ0v) is 8.32. The minimum Gasteiger partial charge on any atom is -0.490 e. The standard InChI is InChI=1S/C10H13N3O/c1-10(2,12)7-14-9-4-3-8(5-11)13-6-9/h3-4,6H,7,12H2,1-2H3. The van der Waals surface area contributed by atoms with Gasteiger partial charge in [0.25, 0.3) is 0 Å². The molecule has 0 amide bonds. The third kappa shape index (κ3) is 3.42. The summed E-state index contributed by atoms with van der Waals surface area (Å²) in [6.07, 6.45) is 1.52. The highest BCUT2D eigenvalue weighted by Crippen LogP contribution is 2.10. The van der Waals surface area contributed by atoms with Gasteiger partial charge in [0, 0.05) is 5.54 Å². The first-order valence-corrected chi connectivity index (χ1v) is 4.29. The quantitative estimate of drug-likeness (QED) is 0.775. The molecule has 4 heteroatoms. The minimum atomic E-state index is -0.367. The molecule has 0 saturated heterocycles. The molecule has 0 unspecified atom stereocenters. The van der Waals surface area contributed by atoms with Crippen molar-refractivity contribution in [2.24, 2.45) is 5.73 Å². The van der Waals surface area contributed by atoms with Crippen molar-refractivity contribution in [2.75, 3.05) is 6.61 Å². The first kappa shape index (κ1) is 10.5. The van der Waals surface area contributed by atoms with Gasteiger partial charge in [0.2, 0.25) is 0 Å². The van der Waals surface area contributed by atoms with Crippen LogP contribution in [0.15, 0.2) is 18.3 Å². The maximum absolute atomic E-state index is 8.51. The smallest absolute Gasteiger partial charge is 0.140 e. The van der Waals surface area contributed by atoms with Gasteiger partial charge in [-0.1, -0.05) is 0 Å². The van der Waals surface area contributed by atoms with Gasteiger partial charge >= 0.3 is 0 Å². The zero-order valence-electron chi connectivity index (χ0n) is 8.32. The number of hydrogen-bond acceptors (Lipinski definition) is 4. The van der Waals surface area contributed by atoms with Crippen LogP contribution in [-0.4, -0.2) is 17.1 Å². The molecule has 0 atom stereocenters. The minimum absolute atomic E-state index is 0.367. The number of pyridine rings is 1. The number of aromatic nitrogens is 1. The van der Waals surface area contributed by atoms with Crippen molar-refractivity contribution in [3.8, 4) is 11.8 Å². The van der Waals surface area contributed by atoms with Crippen molar-refractivity contribution in [2.45, 2.75) is 19.4 Å². The van der Waals surface area contributed by atoms with Gasteiger partial charge in [-0.05, 0) is 26.0 Å². The fourth-order valence-corrected chi connectivity index (χ4v) is 0.801. The largest absolute Gasteiger partial charge is 0.490 e. The van der Waals surface area contributed by atoms with Crippen molar-refractivity contribution in [3.05, 3.63) is 24.0 Å². The molecule has 0 radical (unpaired) electrons. The van der Waals surface area contributed by atoms with E-state index in [0.29, 0.717) is 18.1 Å². The van der Waals surface area contributed by atoms with Crippen LogP contribution in [0, 0.1) is 11.3 Å². The summed E-state index contributed by atoms with van der Waals surface area (Å²) in [5, 5.41) is 8.51. The van der Waals surface area contributed by atoms with Gasteiger partial charge in [-0.15, -0.1) is 0 Å². The Morgan fingerprint density at radius 3 is 2.71 bits per heavy atom. The van der Waals surface area contributed by atoms with E-state index in [1.165, 1.54) is 6.20 Å². The normalized spacial score (nSPS) is 10.7. The van der Waals surface area contributed by atoms with E-state index in [0.717, 1.165) is 0 Å². The summed E-state index contributed by atoms with van der Waals surface area (Å²) in [5.41, 5.74) is 5.75. The Bertz CT molecular complexity index is 332. The lowest BCUT2D eigenvalue weighted by Gasteiger charge is -2.18. The molecule has 0 bridgehead atoms. The van der Waals surface area contributed by atoms with E-state index in [-0.39, 0.29) is 5.54 Å². The summed E-state index contributed by atoms with van der Waals surface area (Å²) in [4.78, 5) is 3.87. The molecule has 1 aromatic rings. The average Bonchev–Trinajstić information content (AvgIpc) is 2.14. The van der Waals surface area contributed by atoms with Gasteiger partial charge in [0.05, 0.1) is 6.20 Å². The lowest BCUT2D eigenvalue weighted by molar-refractivity contribution is 0.242. The van der Waals surface area contributed by atoms with Crippen LogP contribution in [0.2, 0.25) is 0 Å². The maximum Gasteiger partial charge on any atom is 0.140 e. The van der Waals surface area contributed by atoms with Crippen molar-refractivity contribution >= 4 is 0 Å². The van der Waals surface area contributed by atoms with E-state index in [4.69, 9.17) is 15.7 Å². The van der Waals surface area contributed by atoms with Gasteiger partial charge in [-0.3, -0.25) is 0 Å². The fourth-order valence-electron chi connectivity index (χ4n) is 0.801. The summed E-state index contributed by atoms with van der Waals surface area (Å²) in [6, 6.07) is 5.25. The van der Waals surface area contributed by atoms with Crippen LogP contribution >= 0.6 is 0 Å². The van der Waals surface area contributed by atoms with Crippen LogP contribution in [0.5, 0.6) is 5.75 Å². The van der Waals surface area contributed by atoms with E-state index >= 15 is 0 Å². The lowest BCUT2D eigenvalue weighted by atomic mass is 10.1. The van der Waals surface area contributed by atoms with Crippen LogP contribution in [0.4, 0.5) is 0 Å². The lowest BCUT2D eigenvalue weighted by Crippen LogP contribution is -2.38. The molecule has 0 aliphatic carbocycles. The summed E-state index contributed by atoms with van der Waals surface area (Å²) in [5.74, 6) is 0.627. The Morgan fingerprint density at radius 1 is 1.57 bits per heavy atom. The topological polar surface area (TPSA) is 71.9 Å². The molecular weight excluding hydrogens is 178 g/mol. The van der Waals surface area contributed by atoms with Gasteiger partial charge in [0.1, 0.15) is 24.1 Å². The van der Waals surface area contributed by atoms with Crippen LogP contribution in [-0.2, 0) is 0 Å². The highest BCUT2D eigenvalue weighted by atomic mass is 16.5. The highest BCUT2D eigenvalue weighted by Gasteiger charge is 2.11. The van der Waals surface area contributed by atoms with Crippen LogP contribution < -0.4 is 10.5 Å². The molecular formula is C10H13N3O. The third-order valence-corrected chi connectivity index (χ3v) is 1.46. The van der Waals surface area contributed by atoms with Gasteiger partial charge in [-0.25, -0.2) is 4.98 Å². The molecule has 1 rings (SSSR count). The Balaban J connectivity index is 2.58. The van der Waals surface area contributed by atoms with Crippen molar-refractivity contribution in [1.29, 1.82) is 5.26 Å². The number of nitriles is 1. The van der Waals surface area contributed by atoms with Crippen molar-refractivity contribution < 1.29 is 4.74 Å². The Kier molecular flexibility index (Phi) is 3.05. The molecule has 0 saturated carbocycles. The molecule has 0 spiro atoms. The van der Waals surface area contributed by atoms with E-state index in [1.807, 2.05) is 19.9 Å². The highest BCUT2D eigenvalue weighted by molar-refractivity contribution is 5.26. The molecule has 0 aliphatic rings. The van der Waals surface area contributed by atoms with Gasteiger partial charge in [0.15, 0.2) is 0 Å². The number of rotatable bonds is 3. The van der Waals surface area contributed by atoms with Gasteiger partial charge in [-0.2, -0.15) is 5.26 Å². The van der Waals surface area contributed by atoms with Gasteiger partial charge < -0.3 is 10.5 Å². The molecule has 74 valence electrons. The number of hydrogen-bond donors (Lipinski definition) is 1. The third-order valence-electron chi connectivity index (χ3n) is 1.46. The first-order valence-electron chi connectivity index (χ1n) is 4.29. The van der Waals surface area contributed by atoms with Crippen LogP contribution in [0.1, 0.15) is 19.5 Å². The summed E-state index contributed by atoms with van der Waals surface area (Å²) < 4.78 is 5.37. The predicted molar refractivity (Wildman–Crippen MR) is 52.7 cm³/mol. The van der Waals surface area contributed by atoms with Crippen LogP contribution in [0.25, 0.3) is 0 Å². The zero-order chi connectivity index (χ0) is 10.6.